The molecule has 0 spiro atoms. The molecule has 0 aromatic rings. The maximum Gasteiger partial charge on any atom is 0.237 e. The Morgan fingerprint density at radius 2 is 2.00 bits per heavy atom. The number of ether oxygens (including phenoxy) is 1. The highest BCUT2D eigenvalue weighted by Crippen LogP contribution is 2.49. The maximum absolute atomic E-state index is 13.2. The number of aliphatic hydroxyl groups excluding tert-OH is 1. The molecule has 1 heterocycles. The molecular weight excluding hydrogens is 366 g/mol. The predicted octanol–water partition coefficient (Wildman–Crippen LogP) is 4.59. The number of Topliss-reactive ketones (excluding diaryl/α,β-unsaturated/α-hetero) is 1. The molecule has 2 atom stereocenters. The molecule has 5 heteroatoms. The third-order valence-corrected chi connectivity index (χ3v) is 13.6. The average molecular weight is 400 g/mol. The molecule has 1 aliphatic heterocycles. The van der Waals surface area contributed by atoms with Gasteiger partial charge < -0.3 is 9.84 Å². The Kier molecular flexibility index (Phi) is 5.18. The van der Waals surface area contributed by atoms with Crippen molar-refractivity contribution in [3.8, 4) is 11.8 Å². The van der Waals surface area contributed by atoms with E-state index in [0.29, 0.717) is 10.6 Å². The lowest BCUT2D eigenvalue weighted by molar-refractivity contribution is -0.124. The van der Waals surface area contributed by atoms with Crippen LogP contribution in [0.1, 0.15) is 40.0 Å². The fourth-order valence-corrected chi connectivity index (χ4v) is 7.04. The van der Waals surface area contributed by atoms with Crippen LogP contribution in [-0.2, 0) is 9.53 Å². The van der Waals surface area contributed by atoms with E-state index >= 15 is 0 Å². The summed E-state index contributed by atoms with van der Waals surface area (Å²) >= 11 is 0. The Morgan fingerprint density at radius 3 is 2.61 bits per heavy atom. The van der Waals surface area contributed by atoms with Gasteiger partial charge in [0.05, 0.1) is 15.2 Å². The summed E-state index contributed by atoms with van der Waals surface area (Å²) in [4.78, 5) is 15.2. The molecule has 0 aromatic heterocycles. The highest BCUT2D eigenvalue weighted by atomic mass is 28.3. The summed E-state index contributed by atoms with van der Waals surface area (Å²) in [6.45, 7) is 12.7. The molecular formula is C23H33NO3Si. The van der Waals surface area contributed by atoms with Crippen molar-refractivity contribution in [1.82, 2.24) is 4.90 Å². The third kappa shape index (κ3) is 3.07. The lowest BCUT2D eigenvalue weighted by Crippen LogP contribution is -2.51. The van der Waals surface area contributed by atoms with Crippen molar-refractivity contribution in [3.05, 3.63) is 34.8 Å². The molecule has 1 N–H and O–H groups in total. The van der Waals surface area contributed by atoms with Gasteiger partial charge in [0, 0.05) is 6.54 Å². The second kappa shape index (κ2) is 6.93. The van der Waals surface area contributed by atoms with Crippen molar-refractivity contribution < 1.29 is 14.6 Å². The van der Waals surface area contributed by atoms with Crippen LogP contribution in [0, 0.1) is 11.8 Å². The Hall–Kier alpha value is -1.77. The summed E-state index contributed by atoms with van der Waals surface area (Å²) in [5.74, 6) is 6.34. The number of hydrogen-bond donors (Lipinski definition) is 1. The van der Waals surface area contributed by atoms with E-state index in [-0.39, 0.29) is 17.3 Å². The van der Waals surface area contributed by atoms with Gasteiger partial charge in [-0.1, -0.05) is 51.8 Å². The second-order valence-corrected chi connectivity index (χ2v) is 15.5. The minimum absolute atomic E-state index is 0.00588. The zero-order chi connectivity index (χ0) is 20.9. The molecule has 0 amide bonds. The Bertz CT molecular complexity index is 847. The van der Waals surface area contributed by atoms with Crippen LogP contribution in [0.2, 0.25) is 23.7 Å². The molecule has 4 nitrogen and oxygen atoms in total. The highest BCUT2D eigenvalue weighted by Gasteiger charge is 2.53. The number of nitrogens with zero attached hydrogens (tertiary/aromatic N) is 1. The summed E-state index contributed by atoms with van der Waals surface area (Å²) < 4.78 is 5.20. The summed E-state index contributed by atoms with van der Waals surface area (Å²) in [6.07, 6.45) is 6.90. The average Bonchev–Trinajstić information content (AvgIpc) is 3.19. The maximum atomic E-state index is 13.2. The van der Waals surface area contributed by atoms with Crippen molar-refractivity contribution >= 4 is 13.9 Å². The first-order valence-corrected chi connectivity index (χ1v) is 13.2. The zero-order valence-corrected chi connectivity index (χ0v) is 19.3. The van der Waals surface area contributed by atoms with Crippen LogP contribution in [0.5, 0.6) is 0 Å². The van der Waals surface area contributed by atoms with Crippen molar-refractivity contribution in [3.63, 3.8) is 0 Å². The highest BCUT2D eigenvalue weighted by molar-refractivity contribution is 6.82. The summed E-state index contributed by atoms with van der Waals surface area (Å²) in [7, 11) is 1.88. The molecule has 3 rings (SSSR count). The van der Waals surface area contributed by atoms with E-state index in [2.05, 4.69) is 51.8 Å². The molecule has 1 saturated heterocycles. The standard InChI is InChI=1S/C23H33NO3Si/c1-22(2,3)28(6,7)18-9-8-16(14-18)10-12-23-17(11-13-24(23)4)15-19(25)20(27-5)21(23)26/h14-15,18,25H,8-9,11,13H2,1-7H3/t18?,23-/m0/s1. The number of methoxy groups -OCH3 is 1. The third-order valence-electron chi connectivity index (χ3n) is 7.43. The van der Waals surface area contributed by atoms with Crippen LogP contribution in [0.3, 0.4) is 0 Å². The molecule has 0 saturated carbocycles. The van der Waals surface area contributed by atoms with Crippen LogP contribution in [0.4, 0.5) is 0 Å². The Balaban J connectivity index is 1.96. The van der Waals surface area contributed by atoms with E-state index in [1.54, 1.807) is 6.08 Å². The fourth-order valence-electron chi connectivity index (χ4n) is 4.44. The quantitative estimate of drug-likeness (QED) is 0.545. The van der Waals surface area contributed by atoms with Gasteiger partial charge in [0.15, 0.2) is 11.3 Å². The minimum Gasteiger partial charge on any atom is -0.504 e. The first-order chi connectivity index (χ1) is 12.9. The number of likely N-dealkylation sites (N-methyl/N-ethyl adjacent to an activating group) is 1. The van der Waals surface area contributed by atoms with Crippen LogP contribution in [-0.4, -0.2) is 50.1 Å². The predicted molar refractivity (Wildman–Crippen MR) is 116 cm³/mol. The normalized spacial score (nSPS) is 28.5. The van der Waals surface area contributed by atoms with E-state index in [9.17, 15) is 9.90 Å². The SMILES string of the molecule is COC1=C(O)C=C2CCN(C)[C@]2(C#CC2=CC([Si](C)(C)C(C)(C)C)CC2)C1=O. The summed E-state index contributed by atoms with van der Waals surface area (Å²) in [6, 6.07) is 0. The number of aliphatic hydroxyl groups is 1. The van der Waals surface area contributed by atoms with Gasteiger partial charge in [0.1, 0.15) is 0 Å². The van der Waals surface area contributed by atoms with E-state index in [4.69, 9.17) is 4.74 Å². The lowest BCUT2D eigenvalue weighted by atomic mass is 9.81. The molecule has 1 unspecified atom stereocenters. The fraction of sp³-hybridized carbons (Fsp3) is 0.609. The number of rotatable bonds is 2. The molecule has 152 valence electrons. The minimum atomic E-state index is -1.46. The topological polar surface area (TPSA) is 49.8 Å². The van der Waals surface area contributed by atoms with Gasteiger partial charge in [-0.15, -0.1) is 0 Å². The van der Waals surface area contributed by atoms with Crippen molar-refractivity contribution in [2.75, 3.05) is 20.7 Å². The van der Waals surface area contributed by atoms with E-state index in [0.717, 1.165) is 37.0 Å². The monoisotopic (exact) mass is 399 g/mol. The first-order valence-electron chi connectivity index (χ1n) is 10.1. The molecule has 0 aromatic carbocycles. The number of ketones is 1. The zero-order valence-electron chi connectivity index (χ0n) is 18.3. The number of likely N-dealkylation sites (tertiary alicyclic amines) is 1. The van der Waals surface area contributed by atoms with Crippen LogP contribution in [0.25, 0.3) is 0 Å². The molecule has 1 fully saturated rings. The summed E-state index contributed by atoms with van der Waals surface area (Å²) in [5, 5.41) is 10.5. The van der Waals surface area contributed by atoms with E-state index in [1.807, 2.05) is 11.9 Å². The van der Waals surface area contributed by atoms with Gasteiger partial charge in [-0.3, -0.25) is 9.69 Å². The van der Waals surface area contributed by atoms with Crippen molar-refractivity contribution in [2.24, 2.45) is 0 Å². The number of allylic oxidation sites excluding steroid dienone is 3. The van der Waals surface area contributed by atoms with Gasteiger partial charge in [0.2, 0.25) is 11.5 Å². The van der Waals surface area contributed by atoms with Crippen LogP contribution < -0.4 is 0 Å². The van der Waals surface area contributed by atoms with Crippen molar-refractivity contribution in [1.29, 1.82) is 0 Å². The first kappa shape index (κ1) is 20.9. The second-order valence-electron chi connectivity index (χ2n) is 9.86. The smallest absolute Gasteiger partial charge is 0.237 e. The molecule has 0 bridgehead atoms. The number of fused-ring (bicyclic) bond motifs is 1. The van der Waals surface area contributed by atoms with Gasteiger partial charge in [-0.25, -0.2) is 0 Å². The van der Waals surface area contributed by atoms with E-state index < -0.39 is 13.6 Å². The largest absolute Gasteiger partial charge is 0.504 e. The van der Waals surface area contributed by atoms with Crippen LogP contribution >= 0.6 is 0 Å². The van der Waals surface area contributed by atoms with Gasteiger partial charge in [-0.2, -0.15) is 0 Å². The molecule has 2 aliphatic carbocycles. The molecule has 3 aliphatic rings. The summed E-state index contributed by atoms with van der Waals surface area (Å²) in [5.41, 5.74) is 1.62. The van der Waals surface area contributed by atoms with Gasteiger partial charge >= 0.3 is 0 Å². The van der Waals surface area contributed by atoms with Crippen molar-refractivity contribution in [2.45, 2.75) is 69.2 Å². The Morgan fingerprint density at radius 1 is 1.32 bits per heavy atom. The number of hydrogen-bond acceptors (Lipinski definition) is 4. The lowest BCUT2D eigenvalue weighted by Gasteiger charge is -2.41. The van der Waals surface area contributed by atoms with E-state index in [1.165, 1.54) is 7.11 Å². The Labute approximate surface area is 170 Å². The number of carbonyl (C=O) groups is 1. The molecule has 28 heavy (non-hydrogen) atoms. The van der Waals surface area contributed by atoms with Gasteiger partial charge in [-0.05, 0) is 54.1 Å². The molecule has 0 radical (unpaired) electrons. The number of carbonyl (C=O) groups excluding carboxylic acids is 1. The van der Waals surface area contributed by atoms with Gasteiger partial charge in [0.25, 0.3) is 0 Å². The van der Waals surface area contributed by atoms with Crippen LogP contribution in [0.15, 0.2) is 34.8 Å².